The maximum absolute atomic E-state index is 11.8. The number of carbonyl (C=O) groups excluding carboxylic acids is 2. The monoisotopic (exact) mass is 325 g/mol. The van der Waals surface area contributed by atoms with Gasteiger partial charge in [0.15, 0.2) is 0 Å². The lowest BCUT2D eigenvalue weighted by molar-refractivity contribution is -0.138. The second kappa shape index (κ2) is 11.7. The molecule has 1 aliphatic heterocycles. The zero-order chi connectivity index (χ0) is 17.8. The summed E-state index contributed by atoms with van der Waals surface area (Å²) in [6.07, 6.45) is 3.81. The molecule has 0 aromatic carbocycles. The molecule has 6 nitrogen and oxygen atoms in total. The number of amides is 2. The second-order valence-corrected chi connectivity index (χ2v) is 5.60. The van der Waals surface area contributed by atoms with Gasteiger partial charge in [0.05, 0.1) is 5.69 Å². The number of hydrogen-bond acceptors (Lipinski definition) is 4. The van der Waals surface area contributed by atoms with E-state index >= 15 is 0 Å². The Balaban J connectivity index is 0.000000501. The Hall–Kier alpha value is -1.85. The summed E-state index contributed by atoms with van der Waals surface area (Å²) in [5.74, 6) is 0.421. The molecule has 23 heavy (non-hydrogen) atoms. The molecular formula is C17H31N3O3. The lowest BCUT2D eigenvalue weighted by atomic mass is 10.1. The van der Waals surface area contributed by atoms with Crippen molar-refractivity contribution in [2.24, 2.45) is 5.92 Å². The average molecular weight is 325 g/mol. The Morgan fingerprint density at radius 3 is 2.48 bits per heavy atom. The quantitative estimate of drug-likeness (QED) is 0.927. The van der Waals surface area contributed by atoms with Gasteiger partial charge in [-0.05, 0) is 25.7 Å². The summed E-state index contributed by atoms with van der Waals surface area (Å²) >= 11 is 0. The lowest BCUT2D eigenvalue weighted by Crippen LogP contribution is -2.45. The van der Waals surface area contributed by atoms with Crippen molar-refractivity contribution in [3.8, 4) is 0 Å². The molecule has 1 fully saturated rings. The van der Waals surface area contributed by atoms with Crippen LogP contribution in [0.2, 0.25) is 0 Å². The molecule has 1 aromatic heterocycles. The lowest BCUT2D eigenvalue weighted by Gasteiger charge is -2.24. The minimum absolute atomic E-state index is 0.0374. The number of carbonyl (C=O) groups is 2. The van der Waals surface area contributed by atoms with E-state index in [2.05, 4.69) is 15.0 Å². The third-order valence-corrected chi connectivity index (χ3v) is 3.27. The maximum atomic E-state index is 11.8. The Morgan fingerprint density at radius 2 is 2.09 bits per heavy atom. The molecule has 0 bridgehead atoms. The van der Waals surface area contributed by atoms with Crippen molar-refractivity contribution in [3.05, 3.63) is 18.0 Å². The van der Waals surface area contributed by atoms with Crippen LogP contribution in [0, 0.1) is 12.8 Å². The number of likely N-dealkylation sites (N-methyl/N-ethyl adjacent to an activating group) is 1. The van der Waals surface area contributed by atoms with Gasteiger partial charge >= 0.3 is 0 Å². The second-order valence-electron chi connectivity index (χ2n) is 5.60. The van der Waals surface area contributed by atoms with E-state index in [0.29, 0.717) is 12.3 Å². The van der Waals surface area contributed by atoms with Crippen LogP contribution in [0.25, 0.3) is 0 Å². The van der Waals surface area contributed by atoms with E-state index in [9.17, 15) is 9.59 Å². The van der Waals surface area contributed by atoms with Crippen molar-refractivity contribution in [3.63, 3.8) is 0 Å². The molecule has 1 aliphatic rings. The molecule has 2 amide bonds. The highest BCUT2D eigenvalue weighted by atomic mass is 16.5. The Morgan fingerprint density at radius 1 is 1.43 bits per heavy atom. The zero-order valence-corrected chi connectivity index (χ0v) is 15.3. The van der Waals surface area contributed by atoms with Crippen LogP contribution in [0.4, 0.5) is 0 Å². The van der Waals surface area contributed by atoms with Crippen LogP contribution in [-0.4, -0.2) is 41.5 Å². The summed E-state index contributed by atoms with van der Waals surface area (Å²) in [7, 11) is 1.62. The highest BCUT2D eigenvalue weighted by Gasteiger charge is 2.33. The Bertz CT molecular complexity index is 444. The Labute approximate surface area is 139 Å². The van der Waals surface area contributed by atoms with Gasteiger partial charge in [0, 0.05) is 26.1 Å². The van der Waals surface area contributed by atoms with Crippen LogP contribution in [-0.2, 0) is 9.59 Å². The number of likely N-dealkylation sites (tertiary alicyclic amines) is 1. The SMILES string of the molecule is CC.CNC(=O)C1CCCN1C(=O)CC(C)C.Cc1ccon1. The molecular weight excluding hydrogens is 294 g/mol. The van der Waals surface area contributed by atoms with Crippen molar-refractivity contribution in [2.75, 3.05) is 13.6 Å². The zero-order valence-electron chi connectivity index (χ0n) is 15.3. The predicted molar refractivity (Wildman–Crippen MR) is 90.8 cm³/mol. The van der Waals surface area contributed by atoms with Crippen molar-refractivity contribution in [1.82, 2.24) is 15.4 Å². The fourth-order valence-electron chi connectivity index (χ4n) is 2.24. The van der Waals surface area contributed by atoms with E-state index in [0.717, 1.165) is 25.1 Å². The molecule has 1 unspecified atom stereocenters. The number of aromatic nitrogens is 1. The third kappa shape index (κ3) is 7.81. The van der Waals surface area contributed by atoms with E-state index in [-0.39, 0.29) is 17.9 Å². The Kier molecular flexibility index (Phi) is 10.7. The minimum Gasteiger partial charge on any atom is -0.365 e. The molecule has 0 spiro atoms. The summed E-state index contributed by atoms with van der Waals surface area (Å²) in [5, 5.41) is 6.15. The molecule has 132 valence electrons. The van der Waals surface area contributed by atoms with E-state index < -0.39 is 0 Å². The van der Waals surface area contributed by atoms with Crippen LogP contribution in [0.3, 0.4) is 0 Å². The van der Waals surface area contributed by atoms with E-state index in [1.165, 1.54) is 0 Å². The summed E-state index contributed by atoms with van der Waals surface area (Å²) in [4.78, 5) is 25.1. The highest BCUT2D eigenvalue weighted by Crippen LogP contribution is 2.19. The van der Waals surface area contributed by atoms with E-state index in [1.54, 1.807) is 24.3 Å². The molecule has 2 rings (SSSR count). The molecule has 0 radical (unpaired) electrons. The molecule has 1 aromatic rings. The van der Waals surface area contributed by atoms with Gasteiger partial charge in [-0.3, -0.25) is 9.59 Å². The van der Waals surface area contributed by atoms with Gasteiger partial charge in [-0.2, -0.15) is 0 Å². The van der Waals surface area contributed by atoms with Gasteiger partial charge in [0.1, 0.15) is 12.3 Å². The van der Waals surface area contributed by atoms with Gasteiger partial charge < -0.3 is 14.7 Å². The number of nitrogens with one attached hydrogen (secondary N) is 1. The summed E-state index contributed by atoms with van der Waals surface area (Å²) in [6.45, 7) is 10.6. The average Bonchev–Trinajstić information content (AvgIpc) is 3.19. The third-order valence-electron chi connectivity index (χ3n) is 3.27. The first-order chi connectivity index (χ1) is 11.0. The van der Waals surface area contributed by atoms with E-state index in [1.807, 2.05) is 34.6 Å². The normalized spacial score (nSPS) is 16.1. The molecule has 0 aliphatic carbocycles. The van der Waals surface area contributed by atoms with Gasteiger partial charge in [-0.25, -0.2) is 0 Å². The fraction of sp³-hybridized carbons (Fsp3) is 0.706. The van der Waals surface area contributed by atoms with Crippen molar-refractivity contribution in [2.45, 2.75) is 59.9 Å². The first kappa shape index (κ1) is 21.1. The maximum Gasteiger partial charge on any atom is 0.242 e. The van der Waals surface area contributed by atoms with Gasteiger partial charge in [0.2, 0.25) is 11.8 Å². The van der Waals surface area contributed by atoms with Crippen LogP contribution < -0.4 is 5.32 Å². The molecule has 0 saturated carbocycles. The van der Waals surface area contributed by atoms with Gasteiger partial charge in [-0.15, -0.1) is 0 Å². The van der Waals surface area contributed by atoms with Crippen molar-refractivity contribution < 1.29 is 14.1 Å². The predicted octanol–water partition coefficient (Wildman–Crippen LogP) is 2.78. The number of aryl methyl sites for hydroxylation is 1. The largest absolute Gasteiger partial charge is 0.365 e. The van der Waals surface area contributed by atoms with Gasteiger partial charge in [0.25, 0.3) is 0 Å². The number of hydrogen-bond donors (Lipinski definition) is 1. The van der Waals surface area contributed by atoms with Crippen molar-refractivity contribution >= 4 is 11.8 Å². The minimum atomic E-state index is -0.235. The molecule has 6 heteroatoms. The first-order valence-corrected chi connectivity index (χ1v) is 8.33. The van der Waals surface area contributed by atoms with Crippen molar-refractivity contribution in [1.29, 1.82) is 0 Å². The first-order valence-electron chi connectivity index (χ1n) is 8.33. The smallest absolute Gasteiger partial charge is 0.242 e. The van der Waals surface area contributed by atoms with Crippen LogP contribution in [0.1, 0.15) is 52.7 Å². The number of rotatable bonds is 3. The fourth-order valence-corrected chi connectivity index (χ4v) is 2.24. The number of nitrogens with zero attached hydrogens (tertiary/aromatic N) is 2. The molecule has 1 saturated heterocycles. The summed E-state index contributed by atoms with van der Waals surface area (Å²) in [5.41, 5.74) is 0.926. The molecule has 1 atom stereocenters. The highest BCUT2D eigenvalue weighted by molar-refractivity contribution is 5.88. The standard InChI is InChI=1S/C11H20N2O2.C4H5NO.C2H6/c1-8(2)7-10(14)13-6-4-5-9(13)11(15)12-3;1-4-2-3-6-5-4;1-2/h8-9H,4-7H2,1-3H3,(H,12,15);2-3H,1H3;1-2H3. The molecule has 2 heterocycles. The van der Waals surface area contributed by atoms with Gasteiger partial charge in [-0.1, -0.05) is 32.9 Å². The van der Waals surface area contributed by atoms with Crippen LogP contribution in [0.15, 0.2) is 16.9 Å². The molecule has 1 N–H and O–H groups in total. The van der Waals surface area contributed by atoms with Crippen LogP contribution in [0.5, 0.6) is 0 Å². The summed E-state index contributed by atoms with van der Waals surface area (Å²) in [6, 6.07) is 1.57. The van der Waals surface area contributed by atoms with Crippen LogP contribution >= 0.6 is 0 Å². The van der Waals surface area contributed by atoms with E-state index in [4.69, 9.17) is 0 Å². The topological polar surface area (TPSA) is 75.4 Å². The summed E-state index contributed by atoms with van der Waals surface area (Å²) < 4.78 is 4.46.